The molecule has 26 heavy (non-hydrogen) atoms. The van der Waals surface area contributed by atoms with E-state index >= 15 is 0 Å². The maximum Gasteiger partial charge on any atom is 0.490 e. The van der Waals surface area contributed by atoms with Crippen molar-refractivity contribution < 1.29 is 27.9 Å². The molecule has 1 unspecified atom stereocenters. The van der Waals surface area contributed by atoms with Crippen molar-refractivity contribution in [3.8, 4) is 0 Å². The van der Waals surface area contributed by atoms with Crippen LogP contribution < -0.4 is 11.1 Å². The van der Waals surface area contributed by atoms with Crippen molar-refractivity contribution in [1.29, 1.82) is 0 Å². The highest BCUT2D eigenvalue weighted by Crippen LogP contribution is 2.27. The third-order valence-electron chi connectivity index (χ3n) is 3.43. The molecule has 2 heterocycles. The molecule has 2 aromatic heterocycles. The van der Waals surface area contributed by atoms with Crippen LogP contribution in [0.3, 0.4) is 0 Å². The van der Waals surface area contributed by atoms with Gasteiger partial charge in [-0.1, -0.05) is 6.07 Å². The first-order chi connectivity index (χ1) is 12.2. The number of hydrogen-bond donors (Lipinski definition) is 3. The van der Waals surface area contributed by atoms with Gasteiger partial charge in [-0.3, -0.25) is 4.79 Å². The number of hydrogen-bond acceptors (Lipinski definition) is 6. The first-order valence-electron chi connectivity index (χ1n) is 7.52. The molecular weight excluding hydrogens is 391 g/mol. The molecule has 1 aliphatic rings. The van der Waals surface area contributed by atoms with Crippen molar-refractivity contribution in [3.05, 3.63) is 38.0 Å². The highest BCUT2D eigenvalue weighted by Gasteiger charge is 2.38. The highest BCUT2D eigenvalue weighted by atomic mass is 32.1. The topological polar surface area (TPSA) is 105 Å². The number of aliphatic carboxylic acids is 1. The lowest BCUT2D eigenvalue weighted by Gasteiger charge is -2.09. The van der Waals surface area contributed by atoms with E-state index in [1.165, 1.54) is 28.3 Å². The number of alkyl halides is 3. The monoisotopic (exact) mass is 407 g/mol. The maximum absolute atomic E-state index is 11.9. The number of aromatic nitrogens is 1. The molecule has 4 N–H and O–H groups in total. The summed E-state index contributed by atoms with van der Waals surface area (Å²) in [7, 11) is 0. The summed E-state index contributed by atoms with van der Waals surface area (Å²) < 4.78 is 31.7. The van der Waals surface area contributed by atoms with Gasteiger partial charge in [-0.2, -0.15) is 13.2 Å². The summed E-state index contributed by atoms with van der Waals surface area (Å²) in [6.07, 6.45) is -1.66. The SMILES string of the molecule is NC(C(=O)NCc1nc2c(s1)CCC2)c1cccs1.O=C(O)C(F)(F)F. The molecule has 0 spiro atoms. The summed E-state index contributed by atoms with van der Waals surface area (Å²) >= 11 is 3.21. The Hall–Kier alpha value is -1.98. The van der Waals surface area contributed by atoms with Gasteiger partial charge in [-0.25, -0.2) is 9.78 Å². The van der Waals surface area contributed by atoms with Gasteiger partial charge in [0.25, 0.3) is 0 Å². The molecule has 1 aliphatic carbocycles. The van der Waals surface area contributed by atoms with Crippen LogP contribution in [0, 0.1) is 0 Å². The average Bonchev–Trinajstić information content (AvgIpc) is 3.28. The number of nitrogens with one attached hydrogen (secondary N) is 1. The third-order valence-corrected chi connectivity index (χ3v) is 5.54. The van der Waals surface area contributed by atoms with Crippen molar-refractivity contribution in [1.82, 2.24) is 10.3 Å². The summed E-state index contributed by atoms with van der Waals surface area (Å²) in [6.45, 7) is 0.482. The number of halogens is 3. The van der Waals surface area contributed by atoms with Gasteiger partial charge in [0.15, 0.2) is 0 Å². The highest BCUT2D eigenvalue weighted by molar-refractivity contribution is 7.11. The molecule has 0 aliphatic heterocycles. The first-order valence-corrected chi connectivity index (χ1v) is 9.22. The van der Waals surface area contributed by atoms with E-state index in [0.29, 0.717) is 6.54 Å². The standard InChI is InChI=1S/C13H15N3OS2.C2HF3O2/c14-12(10-5-2-6-18-10)13(17)15-7-11-16-8-3-1-4-9(8)19-11;3-2(4,5)1(6)7/h2,5-6,12H,1,3-4,7,14H2,(H,15,17);(H,6,7). The second-order valence-electron chi connectivity index (χ2n) is 5.34. The second-order valence-corrected chi connectivity index (χ2v) is 7.49. The molecule has 11 heteroatoms. The smallest absolute Gasteiger partial charge is 0.475 e. The molecule has 0 saturated heterocycles. The third kappa shape index (κ3) is 5.51. The van der Waals surface area contributed by atoms with Gasteiger partial charge >= 0.3 is 12.1 Å². The quantitative estimate of drug-likeness (QED) is 0.723. The van der Waals surface area contributed by atoms with E-state index in [1.54, 1.807) is 11.3 Å². The number of fused-ring (bicyclic) bond motifs is 1. The summed E-state index contributed by atoms with van der Waals surface area (Å²) in [4.78, 5) is 27.7. The molecule has 0 aromatic carbocycles. The van der Waals surface area contributed by atoms with Crippen molar-refractivity contribution >= 4 is 34.6 Å². The lowest BCUT2D eigenvalue weighted by atomic mass is 10.2. The number of aryl methyl sites for hydroxylation is 2. The summed E-state index contributed by atoms with van der Waals surface area (Å²) in [5, 5.41) is 12.9. The molecule has 0 radical (unpaired) electrons. The molecule has 2 aromatic rings. The predicted octanol–water partition coefficient (Wildman–Crippen LogP) is 2.64. The van der Waals surface area contributed by atoms with E-state index in [2.05, 4.69) is 10.3 Å². The lowest BCUT2D eigenvalue weighted by molar-refractivity contribution is -0.192. The van der Waals surface area contributed by atoms with Crippen LogP contribution in [-0.4, -0.2) is 28.1 Å². The number of rotatable bonds is 4. The van der Waals surface area contributed by atoms with Crippen LogP contribution in [0.5, 0.6) is 0 Å². The minimum Gasteiger partial charge on any atom is -0.475 e. The van der Waals surface area contributed by atoms with Gasteiger partial charge < -0.3 is 16.2 Å². The zero-order valence-electron chi connectivity index (χ0n) is 13.4. The zero-order chi connectivity index (χ0) is 19.3. The number of nitrogens with two attached hydrogens (primary N) is 1. The van der Waals surface area contributed by atoms with Crippen LogP contribution in [-0.2, 0) is 29.0 Å². The van der Waals surface area contributed by atoms with Crippen LogP contribution in [0.2, 0.25) is 0 Å². The number of carboxylic acid groups (broad SMARTS) is 1. The van der Waals surface area contributed by atoms with Gasteiger partial charge in [-0.15, -0.1) is 22.7 Å². The van der Waals surface area contributed by atoms with Crippen LogP contribution in [0.4, 0.5) is 13.2 Å². The minimum absolute atomic E-state index is 0.141. The Balaban J connectivity index is 0.000000298. The van der Waals surface area contributed by atoms with Crippen molar-refractivity contribution in [2.75, 3.05) is 0 Å². The van der Waals surface area contributed by atoms with E-state index in [0.717, 1.165) is 22.7 Å². The van der Waals surface area contributed by atoms with E-state index in [4.69, 9.17) is 15.6 Å². The maximum atomic E-state index is 11.9. The van der Waals surface area contributed by atoms with Crippen molar-refractivity contribution in [3.63, 3.8) is 0 Å². The Labute approximate surface area is 154 Å². The van der Waals surface area contributed by atoms with E-state index in [-0.39, 0.29) is 5.91 Å². The number of thiophene rings is 1. The molecule has 1 amide bonds. The number of nitrogens with zero attached hydrogens (tertiary/aromatic N) is 1. The predicted molar refractivity (Wildman–Crippen MR) is 90.9 cm³/mol. The molecule has 6 nitrogen and oxygen atoms in total. The Morgan fingerprint density at radius 3 is 2.62 bits per heavy atom. The number of carbonyl (C=O) groups excluding carboxylic acids is 1. The zero-order valence-corrected chi connectivity index (χ0v) is 15.0. The first kappa shape index (κ1) is 20.3. The Morgan fingerprint density at radius 1 is 1.38 bits per heavy atom. The largest absolute Gasteiger partial charge is 0.490 e. The fraction of sp³-hybridized carbons (Fsp3) is 0.400. The summed E-state index contributed by atoms with van der Waals surface area (Å²) in [5.41, 5.74) is 7.12. The number of thiazole rings is 1. The molecule has 0 saturated carbocycles. The average molecular weight is 407 g/mol. The van der Waals surface area contributed by atoms with E-state index in [9.17, 15) is 18.0 Å². The Bertz CT molecular complexity index is 739. The summed E-state index contributed by atoms with van der Waals surface area (Å²) in [6, 6.07) is 3.21. The van der Waals surface area contributed by atoms with Crippen molar-refractivity contribution in [2.45, 2.75) is 38.0 Å². The van der Waals surface area contributed by atoms with Crippen LogP contribution in [0.25, 0.3) is 0 Å². The molecule has 0 fully saturated rings. The lowest BCUT2D eigenvalue weighted by Crippen LogP contribution is -2.33. The van der Waals surface area contributed by atoms with E-state index < -0.39 is 18.2 Å². The van der Waals surface area contributed by atoms with E-state index in [1.807, 2.05) is 17.5 Å². The van der Waals surface area contributed by atoms with Gasteiger partial charge in [0.2, 0.25) is 5.91 Å². The Morgan fingerprint density at radius 2 is 2.08 bits per heavy atom. The van der Waals surface area contributed by atoms with Gasteiger partial charge in [0, 0.05) is 9.75 Å². The van der Waals surface area contributed by atoms with Gasteiger partial charge in [-0.05, 0) is 30.7 Å². The second kappa shape index (κ2) is 8.60. The molecule has 3 rings (SSSR count). The van der Waals surface area contributed by atoms with Crippen molar-refractivity contribution in [2.24, 2.45) is 5.73 Å². The van der Waals surface area contributed by atoms with Crippen LogP contribution >= 0.6 is 22.7 Å². The Kier molecular flexibility index (Phi) is 6.73. The normalized spacial score (nSPS) is 14.2. The molecule has 1 atom stereocenters. The molecule has 0 bridgehead atoms. The minimum atomic E-state index is -5.08. The number of amides is 1. The number of carboxylic acids is 1. The van der Waals surface area contributed by atoms with Crippen LogP contribution in [0.15, 0.2) is 17.5 Å². The summed E-state index contributed by atoms with van der Waals surface area (Å²) in [5.74, 6) is -2.90. The fourth-order valence-electron chi connectivity index (χ4n) is 2.19. The van der Waals surface area contributed by atoms with Gasteiger partial charge in [0.05, 0.1) is 12.2 Å². The number of carbonyl (C=O) groups is 2. The molecule has 142 valence electrons. The fourth-order valence-corrected chi connectivity index (χ4v) is 4.01. The van der Waals surface area contributed by atoms with Crippen LogP contribution in [0.1, 0.15) is 32.9 Å². The molecular formula is C15H16F3N3O3S2. The van der Waals surface area contributed by atoms with Gasteiger partial charge in [0.1, 0.15) is 11.0 Å².